The Hall–Kier alpha value is -1.88. The molecule has 3 nitrogen and oxygen atoms in total. The maximum atomic E-state index is 13.8. The van der Waals surface area contributed by atoms with Crippen LogP contribution in [-0.2, 0) is 0 Å². The molecule has 92 valence electrons. The number of pyridine rings is 1. The number of aryl methyl sites for hydroxylation is 1. The molecular weight excluding hydrogens is 253 g/mol. The minimum atomic E-state index is -1.29. The van der Waals surface area contributed by atoms with E-state index in [2.05, 4.69) is 4.98 Å². The van der Waals surface area contributed by atoms with Crippen molar-refractivity contribution in [2.45, 2.75) is 16.8 Å². The van der Waals surface area contributed by atoms with Gasteiger partial charge in [0.2, 0.25) is 0 Å². The highest BCUT2D eigenvalue weighted by atomic mass is 32.2. The van der Waals surface area contributed by atoms with Gasteiger partial charge in [0.1, 0.15) is 5.03 Å². The highest BCUT2D eigenvalue weighted by molar-refractivity contribution is 7.99. The minimum absolute atomic E-state index is 0.0683. The van der Waals surface area contributed by atoms with Crippen LogP contribution in [0.15, 0.2) is 46.5 Å². The molecule has 0 atom stereocenters. The van der Waals surface area contributed by atoms with Crippen LogP contribution in [-0.4, -0.2) is 16.1 Å². The van der Waals surface area contributed by atoms with Gasteiger partial charge >= 0.3 is 5.97 Å². The molecule has 1 heterocycles. The summed E-state index contributed by atoms with van der Waals surface area (Å²) in [5.41, 5.74) is 0.742. The molecule has 0 unspecified atom stereocenters. The second-order valence-electron chi connectivity index (χ2n) is 3.70. The highest BCUT2D eigenvalue weighted by Crippen LogP contribution is 2.29. The molecule has 0 bridgehead atoms. The number of carboxylic acid groups (broad SMARTS) is 1. The first-order valence-electron chi connectivity index (χ1n) is 5.20. The number of hydrogen-bond donors (Lipinski definition) is 1. The Labute approximate surface area is 108 Å². The first-order valence-corrected chi connectivity index (χ1v) is 6.02. The average Bonchev–Trinajstić information content (AvgIpc) is 2.34. The molecular formula is C13H10FNO2S. The summed E-state index contributed by atoms with van der Waals surface area (Å²) in [6.07, 6.45) is 1.29. The molecule has 0 aliphatic rings. The van der Waals surface area contributed by atoms with Crippen molar-refractivity contribution < 1.29 is 14.3 Å². The van der Waals surface area contributed by atoms with Crippen molar-refractivity contribution in [1.82, 2.24) is 4.98 Å². The lowest BCUT2D eigenvalue weighted by Gasteiger charge is -2.04. The number of hydrogen-bond acceptors (Lipinski definition) is 3. The van der Waals surface area contributed by atoms with Crippen LogP contribution in [0.4, 0.5) is 4.39 Å². The Morgan fingerprint density at radius 3 is 2.56 bits per heavy atom. The van der Waals surface area contributed by atoms with Crippen LogP contribution >= 0.6 is 11.8 Å². The molecule has 0 fully saturated rings. The zero-order valence-electron chi connectivity index (χ0n) is 9.55. The van der Waals surface area contributed by atoms with E-state index >= 15 is 0 Å². The fourth-order valence-electron chi connectivity index (χ4n) is 1.38. The van der Waals surface area contributed by atoms with Gasteiger partial charge in [-0.3, -0.25) is 0 Å². The Bertz CT molecular complexity index is 584. The van der Waals surface area contributed by atoms with E-state index in [4.69, 9.17) is 5.11 Å². The zero-order valence-corrected chi connectivity index (χ0v) is 10.4. The van der Waals surface area contributed by atoms with Gasteiger partial charge in [-0.1, -0.05) is 29.5 Å². The molecule has 1 N–H and O–H groups in total. The quantitative estimate of drug-likeness (QED) is 0.922. The second kappa shape index (κ2) is 5.18. The van der Waals surface area contributed by atoms with E-state index < -0.39 is 11.8 Å². The van der Waals surface area contributed by atoms with Crippen molar-refractivity contribution in [2.75, 3.05) is 0 Å². The van der Waals surface area contributed by atoms with E-state index in [-0.39, 0.29) is 10.6 Å². The Balaban J connectivity index is 2.32. The zero-order chi connectivity index (χ0) is 13.1. The van der Waals surface area contributed by atoms with Crippen LogP contribution < -0.4 is 0 Å². The van der Waals surface area contributed by atoms with Gasteiger partial charge < -0.3 is 5.11 Å². The van der Waals surface area contributed by atoms with Crippen molar-refractivity contribution in [1.29, 1.82) is 0 Å². The number of aromatic nitrogens is 1. The van der Waals surface area contributed by atoms with E-state index in [0.717, 1.165) is 28.3 Å². The Kier molecular flexibility index (Phi) is 3.62. The summed E-state index contributed by atoms with van der Waals surface area (Å²) in [4.78, 5) is 15.5. The fourth-order valence-corrected chi connectivity index (χ4v) is 2.19. The number of rotatable bonds is 3. The number of carboxylic acids is 1. The fraction of sp³-hybridized carbons (Fsp3) is 0.0769. The molecule has 0 aliphatic heterocycles. The van der Waals surface area contributed by atoms with Crippen molar-refractivity contribution in [3.8, 4) is 0 Å². The molecule has 1 aromatic heterocycles. The lowest BCUT2D eigenvalue weighted by molar-refractivity contribution is 0.0691. The monoisotopic (exact) mass is 263 g/mol. The van der Waals surface area contributed by atoms with Gasteiger partial charge in [0, 0.05) is 11.1 Å². The first kappa shape index (κ1) is 12.6. The van der Waals surface area contributed by atoms with Gasteiger partial charge in [-0.2, -0.15) is 0 Å². The number of benzene rings is 1. The van der Waals surface area contributed by atoms with Crippen LogP contribution in [0.25, 0.3) is 0 Å². The molecule has 2 aromatic rings. The summed E-state index contributed by atoms with van der Waals surface area (Å²) in [6, 6.07) is 8.64. The minimum Gasteiger partial charge on any atom is -0.478 e. The molecule has 0 spiro atoms. The largest absolute Gasteiger partial charge is 0.478 e. The van der Waals surface area contributed by atoms with Gasteiger partial charge in [0.05, 0.1) is 5.56 Å². The van der Waals surface area contributed by atoms with Crippen molar-refractivity contribution in [3.63, 3.8) is 0 Å². The normalized spacial score (nSPS) is 10.3. The van der Waals surface area contributed by atoms with Crippen LogP contribution in [0.3, 0.4) is 0 Å². The molecule has 0 saturated carbocycles. The van der Waals surface area contributed by atoms with E-state index in [9.17, 15) is 9.18 Å². The smallest absolute Gasteiger partial charge is 0.338 e. The Morgan fingerprint density at radius 1 is 1.28 bits per heavy atom. The van der Waals surface area contributed by atoms with E-state index in [0.29, 0.717) is 0 Å². The molecule has 0 radical (unpaired) electrons. The lowest BCUT2D eigenvalue weighted by Crippen LogP contribution is -2.02. The van der Waals surface area contributed by atoms with Crippen molar-refractivity contribution >= 4 is 17.7 Å². The summed E-state index contributed by atoms with van der Waals surface area (Å²) in [7, 11) is 0. The predicted molar refractivity (Wildman–Crippen MR) is 66.5 cm³/mol. The lowest BCUT2D eigenvalue weighted by atomic mass is 10.2. The third kappa shape index (κ3) is 2.68. The first-order chi connectivity index (χ1) is 8.58. The van der Waals surface area contributed by atoms with Crippen LogP contribution in [0.2, 0.25) is 0 Å². The maximum Gasteiger partial charge on any atom is 0.338 e. The molecule has 2 rings (SSSR count). The molecule has 0 saturated heterocycles. The molecule has 0 aliphatic carbocycles. The summed E-state index contributed by atoms with van der Waals surface area (Å²) in [5.74, 6) is -2.09. The van der Waals surface area contributed by atoms with Crippen LogP contribution in [0.1, 0.15) is 15.9 Å². The summed E-state index contributed by atoms with van der Waals surface area (Å²) in [6.45, 7) is 1.96. The van der Waals surface area contributed by atoms with Crippen molar-refractivity contribution in [2.24, 2.45) is 0 Å². The molecule has 18 heavy (non-hydrogen) atoms. The number of aromatic carboxylic acids is 1. The van der Waals surface area contributed by atoms with Gasteiger partial charge in [-0.05, 0) is 25.1 Å². The molecule has 1 aromatic carbocycles. The van der Waals surface area contributed by atoms with E-state index in [1.54, 1.807) is 0 Å². The Morgan fingerprint density at radius 2 is 1.94 bits per heavy atom. The van der Waals surface area contributed by atoms with Gasteiger partial charge in [-0.15, -0.1) is 0 Å². The van der Waals surface area contributed by atoms with Crippen molar-refractivity contribution in [3.05, 3.63) is 53.5 Å². The number of nitrogens with zero attached hydrogens (tertiary/aromatic N) is 1. The number of halogens is 1. The van der Waals surface area contributed by atoms with Gasteiger partial charge in [0.15, 0.2) is 5.82 Å². The summed E-state index contributed by atoms with van der Waals surface area (Å²) >= 11 is 1.11. The van der Waals surface area contributed by atoms with Gasteiger partial charge in [0.25, 0.3) is 0 Å². The predicted octanol–water partition coefficient (Wildman–Crippen LogP) is 3.38. The maximum absolute atomic E-state index is 13.8. The molecule has 0 amide bonds. The average molecular weight is 263 g/mol. The van der Waals surface area contributed by atoms with E-state index in [1.165, 1.54) is 6.20 Å². The van der Waals surface area contributed by atoms with E-state index in [1.807, 2.05) is 31.2 Å². The SMILES string of the molecule is Cc1ccc(Sc2nccc(C(=O)O)c2F)cc1. The summed E-state index contributed by atoms with van der Waals surface area (Å²) in [5, 5.41) is 8.88. The molecule has 5 heteroatoms. The van der Waals surface area contributed by atoms with Crippen LogP contribution in [0.5, 0.6) is 0 Å². The standard InChI is InChI=1S/C13H10FNO2S/c1-8-2-4-9(5-3-8)18-12-11(14)10(13(16)17)6-7-15-12/h2-7H,1H3,(H,16,17). The second-order valence-corrected chi connectivity index (χ2v) is 4.76. The number of carbonyl (C=O) groups is 1. The third-order valence-electron chi connectivity index (χ3n) is 2.32. The van der Waals surface area contributed by atoms with Crippen LogP contribution in [0, 0.1) is 12.7 Å². The highest BCUT2D eigenvalue weighted by Gasteiger charge is 2.15. The topological polar surface area (TPSA) is 50.2 Å². The van der Waals surface area contributed by atoms with Gasteiger partial charge in [-0.25, -0.2) is 14.2 Å². The summed E-state index contributed by atoms with van der Waals surface area (Å²) < 4.78 is 13.8. The third-order valence-corrected chi connectivity index (χ3v) is 3.31.